The van der Waals surface area contributed by atoms with E-state index < -0.39 is 0 Å². The Kier molecular flexibility index (Phi) is 5.24. The predicted octanol–water partition coefficient (Wildman–Crippen LogP) is 3.96. The number of phenols is 2. The Hall–Kier alpha value is -2.16. The van der Waals surface area contributed by atoms with Crippen molar-refractivity contribution in [2.75, 3.05) is 0 Å². The summed E-state index contributed by atoms with van der Waals surface area (Å²) >= 11 is 0. The Morgan fingerprint density at radius 3 is 1.58 bits per heavy atom. The number of hydrogen-bond acceptors (Lipinski definition) is 3. The monoisotopic (exact) mass is 260 g/mol. The molecule has 0 aliphatic heterocycles. The van der Waals surface area contributed by atoms with Crippen molar-refractivity contribution in [2.45, 2.75) is 26.4 Å². The maximum Gasteiger partial charge on any atom is 0.120 e. The van der Waals surface area contributed by atoms with Gasteiger partial charge in [0.2, 0.25) is 0 Å². The van der Waals surface area contributed by atoms with Crippen LogP contribution < -0.4 is 4.74 Å². The first kappa shape index (κ1) is 14.9. The van der Waals surface area contributed by atoms with Gasteiger partial charge in [-0.25, -0.2) is 0 Å². The maximum atomic E-state index is 9.00. The van der Waals surface area contributed by atoms with E-state index in [0.717, 1.165) is 5.75 Å². The fourth-order valence-electron chi connectivity index (χ4n) is 1.30. The first-order chi connectivity index (χ1) is 8.87. The van der Waals surface area contributed by atoms with E-state index in [9.17, 15) is 0 Å². The summed E-state index contributed by atoms with van der Waals surface area (Å²) in [5, 5.41) is 17.6. The van der Waals surface area contributed by atoms with Gasteiger partial charge in [-0.15, -0.1) is 0 Å². The summed E-state index contributed by atoms with van der Waals surface area (Å²) < 4.78 is 5.55. The fraction of sp³-hybridized carbons (Fsp3) is 0.250. The normalized spacial score (nSPS) is 10.3. The third-order valence-electron chi connectivity index (χ3n) is 2.02. The van der Waals surface area contributed by atoms with Crippen LogP contribution in [0.3, 0.4) is 0 Å². The number of phenolic OH excluding ortho intramolecular Hbond substituents is 2. The highest BCUT2D eigenvalue weighted by atomic mass is 16.5. The van der Waals surface area contributed by atoms with Crippen molar-refractivity contribution in [3.63, 3.8) is 0 Å². The van der Waals surface area contributed by atoms with Crippen molar-refractivity contribution < 1.29 is 14.9 Å². The molecule has 0 saturated carbocycles. The molecule has 3 heteroatoms. The standard InChI is InChI=1S/C10H14O2.C6H6O/c1-10(2,3)12-9-6-4-8(11)5-7-9;7-6-4-2-1-3-5-6/h4-7,11H,1-3H3;1-5,7H. The second-order valence-electron chi connectivity index (χ2n) is 5.04. The van der Waals surface area contributed by atoms with E-state index in [0.29, 0.717) is 5.75 Å². The van der Waals surface area contributed by atoms with Gasteiger partial charge >= 0.3 is 0 Å². The predicted molar refractivity (Wildman–Crippen MR) is 76.6 cm³/mol. The Morgan fingerprint density at radius 2 is 1.21 bits per heavy atom. The minimum atomic E-state index is -0.184. The molecule has 0 heterocycles. The molecule has 0 aliphatic carbocycles. The van der Waals surface area contributed by atoms with E-state index in [-0.39, 0.29) is 11.4 Å². The largest absolute Gasteiger partial charge is 0.508 e. The van der Waals surface area contributed by atoms with Gasteiger partial charge in [0, 0.05) is 0 Å². The topological polar surface area (TPSA) is 49.7 Å². The molecule has 0 unspecified atom stereocenters. The number of ether oxygens (including phenoxy) is 1. The second kappa shape index (κ2) is 6.69. The van der Waals surface area contributed by atoms with Crippen LogP contribution in [-0.2, 0) is 0 Å². The first-order valence-corrected chi connectivity index (χ1v) is 6.09. The number of hydrogen-bond donors (Lipinski definition) is 2. The van der Waals surface area contributed by atoms with Crippen LogP contribution in [0.5, 0.6) is 17.2 Å². The molecule has 3 nitrogen and oxygen atoms in total. The minimum Gasteiger partial charge on any atom is -0.508 e. The lowest BCUT2D eigenvalue weighted by atomic mass is 10.2. The van der Waals surface area contributed by atoms with Crippen molar-refractivity contribution in [3.8, 4) is 17.2 Å². The summed E-state index contributed by atoms with van der Waals surface area (Å²) in [5.41, 5.74) is -0.184. The number of para-hydroxylation sites is 1. The summed E-state index contributed by atoms with van der Waals surface area (Å²) in [6.07, 6.45) is 0. The highest BCUT2D eigenvalue weighted by Crippen LogP contribution is 2.20. The summed E-state index contributed by atoms with van der Waals surface area (Å²) in [4.78, 5) is 0. The number of aromatic hydroxyl groups is 2. The maximum absolute atomic E-state index is 9.00. The highest BCUT2D eigenvalue weighted by molar-refractivity contribution is 5.30. The van der Waals surface area contributed by atoms with Gasteiger partial charge in [0.05, 0.1) is 0 Å². The van der Waals surface area contributed by atoms with Crippen molar-refractivity contribution in [2.24, 2.45) is 0 Å². The van der Waals surface area contributed by atoms with Gasteiger partial charge in [-0.1, -0.05) is 18.2 Å². The fourth-order valence-corrected chi connectivity index (χ4v) is 1.30. The van der Waals surface area contributed by atoms with Crippen LogP contribution in [-0.4, -0.2) is 15.8 Å². The first-order valence-electron chi connectivity index (χ1n) is 6.09. The smallest absolute Gasteiger partial charge is 0.120 e. The molecule has 0 bridgehead atoms. The summed E-state index contributed by atoms with van der Waals surface area (Å²) in [5.74, 6) is 1.36. The molecular weight excluding hydrogens is 240 g/mol. The van der Waals surface area contributed by atoms with Crippen LogP contribution in [0.25, 0.3) is 0 Å². The van der Waals surface area contributed by atoms with Gasteiger partial charge in [0.25, 0.3) is 0 Å². The minimum absolute atomic E-state index is 0.184. The molecule has 0 atom stereocenters. The molecule has 0 radical (unpaired) electrons. The molecule has 102 valence electrons. The van der Waals surface area contributed by atoms with Crippen molar-refractivity contribution in [3.05, 3.63) is 54.6 Å². The molecule has 2 rings (SSSR count). The average Bonchev–Trinajstić information content (AvgIpc) is 2.32. The van der Waals surface area contributed by atoms with E-state index in [4.69, 9.17) is 14.9 Å². The van der Waals surface area contributed by atoms with E-state index in [1.807, 2.05) is 26.8 Å². The summed E-state index contributed by atoms with van der Waals surface area (Å²) in [6.45, 7) is 5.96. The molecule has 2 N–H and O–H groups in total. The van der Waals surface area contributed by atoms with E-state index in [2.05, 4.69) is 0 Å². The molecule has 2 aromatic rings. The second-order valence-corrected chi connectivity index (χ2v) is 5.04. The van der Waals surface area contributed by atoms with Crippen LogP contribution in [0.4, 0.5) is 0 Å². The third-order valence-corrected chi connectivity index (χ3v) is 2.02. The summed E-state index contributed by atoms with van der Waals surface area (Å²) in [7, 11) is 0. The van der Waals surface area contributed by atoms with Gasteiger partial charge < -0.3 is 14.9 Å². The van der Waals surface area contributed by atoms with Crippen LogP contribution in [0.2, 0.25) is 0 Å². The Labute approximate surface area is 114 Å². The molecule has 0 aromatic heterocycles. The molecule has 0 spiro atoms. The van der Waals surface area contributed by atoms with Crippen molar-refractivity contribution in [1.82, 2.24) is 0 Å². The van der Waals surface area contributed by atoms with Gasteiger partial charge in [0.1, 0.15) is 22.8 Å². The van der Waals surface area contributed by atoms with Crippen LogP contribution >= 0.6 is 0 Å². The zero-order valence-electron chi connectivity index (χ0n) is 11.5. The Morgan fingerprint density at radius 1 is 0.737 bits per heavy atom. The zero-order valence-corrected chi connectivity index (χ0v) is 11.5. The van der Waals surface area contributed by atoms with Gasteiger partial charge in [-0.05, 0) is 57.2 Å². The molecule has 2 aromatic carbocycles. The van der Waals surface area contributed by atoms with Crippen molar-refractivity contribution in [1.29, 1.82) is 0 Å². The van der Waals surface area contributed by atoms with E-state index in [1.165, 1.54) is 0 Å². The Bertz CT molecular complexity index is 470. The Balaban J connectivity index is 0.000000218. The number of benzene rings is 2. The highest BCUT2D eigenvalue weighted by Gasteiger charge is 2.10. The van der Waals surface area contributed by atoms with Crippen LogP contribution in [0.15, 0.2) is 54.6 Å². The van der Waals surface area contributed by atoms with Gasteiger partial charge in [-0.2, -0.15) is 0 Å². The molecule has 0 aliphatic rings. The van der Waals surface area contributed by atoms with Crippen LogP contribution in [0.1, 0.15) is 20.8 Å². The lowest BCUT2D eigenvalue weighted by molar-refractivity contribution is 0.131. The average molecular weight is 260 g/mol. The molecule has 0 amide bonds. The summed E-state index contributed by atoms with van der Waals surface area (Å²) in [6, 6.07) is 15.4. The zero-order chi connectivity index (χ0) is 14.3. The third kappa shape index (κ3) is 6.99. The SMILES string of the molecule is CC(C)(C)Oc1ccc(O)cc1.Oc1ccccc1. The van der Waals surface area contributed by atoms with Gasteiger partial charge in [-0.3, -0.25) is 0 Å². The molecule has 0 saturated heterocycles. The quantitative estimate of drug-likeness (QED) is 0.816. The van der Waals surface area contributed by atoms with Crippen LogP contribution in [0, 0.1) is 0 Å². The lowest BCUT2D eigenvalue weighted by Gasteiger charge is -2.20. The van der Waals surface area contributed by atoms with E-state index in [1.54, 1.807) is 48.5 Å². The van der Waals surface area contributed by atoms with E-state index >= 15 is 0 Å². The number of rotatable bonds is 1. The molecule has 0 fully saturated rings. The molecule has 19 heavy (non-hydrogen) atoms. The van der Waals surface area contributed by atoms with Gasteiger partial charge in [0.15, 0.2) is 0 Å². The lowest BCUT2D eigenvalue weighted by Crippen LogP contribution is -2.22. The molecular formula is C16H20O3. The van der Waals surface area contributed by atoms with Crippen molar-refractivity contribution >= 4 is 0 Å².